The van der Waals surface area contributed by atoms with Crippen molar-refractivity contribution in [2.75, 3.05) is 24.2 Å². The molecule has 9 nitrogen and oxygen atoms in total. The van der Waals surface area contributed by atoms with Gasteiger partial charge in [0, 0.05) is 28.3 Å². The summed E-state index contributed by atoms with van der Waals surface area (Å²) in [5.41, 5.74) is 3.09. The zero-order chi connectivity index (χ0) is 28.2. The third kappa shape index (κ3) is 6.74. The van der Waals surface area contributed by atoms with Gasteiger partial charge in [0.25, 0.3) is 5.91 Å². The number of aromatic nitrogens is 1. The Hall–Kier alpha value is -3.41. The lowest BCUT2D eigenvalue weighted by molar-refractivity contribution is -0.120. The van der Waals surface area contributed by atoms with Gasteiger partial charge in [0.15, 0.2) is 5.13 Å². The largest absolute Gasteiger partial charge is 0.445 e. The van der Waals surface area contributed by atoms with Crippen LogP contribution in [0.2, 0.25) is 0 Å². The summed E-state index contributed by atoms with van der Waals surface area (Å²) in [6, 6.07) is 16.5. The molecule has 214 valence electrons. The van der Waals surface area contributed by atoms with Crippen molar-refractivity contribution >= 4 is 46.1 Å². The van der Waals surface area contributed by atoms with Crippen molar-refractivity contribution in [3.05, 3.63) is 71.1 Å². The number of carbonyl (C=O) groups is 3. The summed E-state index contributed by atoms with van der Waals surface area (Å²) >= 11 is 2.99. The summed E-state index contributed by atoms with van der Waals surface area (Å²) in [7, 11) is 0. The Morgan fingerprint density at radius 2 is 1.76 bits per heavy atom. The Morgan fingerprint density at radius 3 is 2.49 bits per heavy atom. The number of ether oxygens (including phenoxy) is 1. The van der Waals surface area contributed by atoms with Crippen LogP contribution in [0.3, 0.4) is 0 Å². The van der Waals surface area contributed by atoms with Gasteiger partial charge in [0.1, 0.15) is 12.6 Å². The quantitative estimate of drug-likeness (QED) is 0.348. The molecule has 3 amide bonds. The molecule has 6 rings (SSSR count). The second kappa shape index (κ2) is 12.6. The van der Waals surface area contributed by atoms with Crippen LogP contribution in [0.5, 0.6) is 0 Å². The third-order valence-electron chi connectivity index (χ3n) is 7.63. The number of carbonyl (C=O) groups excluding carboxylic acids is 3. The molecule has 41 heavy (non-hydrogen) atoms. The maximum Gasteiger partial charge on any atom is 0.411 e. The van der Waals surface area contributed by atoms with Crippen LogP contribution in [-0.4, -0.2) is 64.1 Å². The Balaban J connectivity index is 1.12. The van der Waals surface area contributed by atoms with Crippen molar-refractivity contribution in [2.45, 2.75) is 49.7 Å². The van der Waals surface area contributed by atoms with Crippen LogP contribution in [0.4, 0.5) is 9.93 Å². The predicted octanol–water partition coefficient (Wildman–Crippen LogP) is 4.72. The van der Waals surface area contributed by atoms with E-state index in [4.69, 9.17) is 4.74 Å². The fourth-order valence-corrected chi connectivity index (χ4v) is 7.54. The number of anilines is 1. The van der Waals surface area contributed by atoms with E-state index in [1.165, 1.54) is 11.3 Å². The van der Waals surface area contributed by atoms with Gasteiger partial charge >= 0.3 is 6.09 Å². The molecule has 3 aliphatic rings. The van der Waals surface area contributed by atoms with E-state index in [1.54, 1.807) is 28.8 Å². The number of rotatable bonds is 8. The highest BCUT2D eigenvalue weighted by molar-refractivity contribution is 8.00. The van der Waals surface area contributed by atoms with E-state index in [1.807, 2.05) is 47.8 Å². The standard InChI is InChI=1S/C30H33N5O4S2/c36-26(32-23-10-11-23)21-8-6-20(7-9-21)24-17-41-29(33-24)34-27(37)25-18-40-28(22-12-14-31-15-13-22)35(25)30(38)39-16-19-4-2-1-3-5-19/h1-9,17,22-23,25,28,31H,10-16,18H2,(H,32,36)(H,33,34,37). The lowest BCUT2D eigenvalue weighted by Gasteiger charge is -2.34. The predicted molar refractivity (Wildman–Crippen MR) is 161 cm³/mol. The number of thioether (sulfide) groups is 1. The van der Waals surface area contributed by atoms with Crippen molar-refractivity contribution in [1.82, 2.24) is 20.5 Å². The number of amides is 3. The first-order chi connectivity index (χ1) is 20.0. The number of hydrogen-bond acceptors (Lipinski definition) is 8. The first-order valence-electron chi connectivity index (χ1n) is 14.0. The van der Waals surface area contributed by atoms with E-state index in [0.717, 1.165) is 49.9 Å². The molecule has 0 spiro atoms. The second-order valence-corrected chi connectivity index (χ2v) is 12.6. The van der Waals surface area contributed by atoms with Crippen LogP contribution in [0.25, 0.3) is 11.3 Å². The number of nitrogens with zero attached hydrogens (tertiary/aromatic N) is 2. The Labute approximate surface area is 247 Å². The van der Waals surface area contributed by atoms with Crippen LogP contribution in [0.1, 0.15) is 41.6 Å². The lowest BCUT2D eigenvalue weighted by Crippen LogP contribution is -2.50. The smallest absolute Gasteiger partial charge is 0.411 e. The van der Waals surface area contributed by atoms with Crippen LogP contribution in [0, 0.1) is 5.92 Å². The van der Waals surface area contributed by atoms with Crippen molar-refractivity contribution in [1.29, 1.82) is 0 Å². The van der Waals surface area contributed by atoms with Crippen LogP contribution in [0.15, 0.2) is 60.0 Å². The van der Waals surface area contributed by atoms with Gasteiger partial charge in [-0.05, 0) is 62.4 Å². The Morgan fingerprint density at radius 1 is 1.00 bits per heavy atom. The fourth-order valence-electron chi connectivity index (χ4n) is 5.19. The molecule has 2 saturated heterocycles. The minimum absolute atomic E-state index is 0.0608. The molecule has 1 aromatic heterocycles. The number of benzene rings is 2. The molecule has 3 fully saturated rings. The zero-order valence-electron chi connectivity index (χ0n) is 22.6. The molecule has 1 saturated carbocycles. The first kappa shape index (κ1) is 27.7. The average Bonchev–Trinajstić information content (AvgIpc) is 3.51. The van der Waals surface area contributed by atoms with E-state index in [2.05, 4.69) is 20.9 Å². The summed E-state index contributed by atoms with van der Waals surface area (Å²) in [6.07, 6.45) is 3.52. The molecule has 2 aromatic carbocycles. The molecule has 2 aliphatic heterocycles. The van der Waals surface area contributed by atoms with Gasteiger partial charge in [-0.25, -0.2) is 9.78 Å². The first-order valence-corrected chi connectivity index (χ1v) is 16.0. The SMILES string of the molecule is O=C(NC1CC1)c1ccc(-c2csc(NC(=O)C3CSC(C4CCNCC4)N3C(=O)OCc3ccccc3)n2)cc1. The van der Waals surface area contributed by atoms with Crippen molar-refractivity contribution in [2.24, 2.45) is 5.92 Å². The summed E-state index contributed by atoms with van der Waals surface area (Å²) in [4.78, 5) is 45.5. The maximum atomic E-state index is 13.5. The highest BCUT2D eigenvalue weighted by Gasteiger charge is 2.46. The highest BCUT2D eigenvalue weighted by atomic mass is 32.2. The molecule has 11 heteroatoms. The average molecular weight is 592 g/mol. The number of hydrogen-bond donors (Lipinski definition) is 3. The van der Waals surface area contributed by atoms with Crippen LogP contribution >= 0.6 is 23.1 Å². The summed E-state index contributed by atoms with van der Waals surface area (Å²) in [5, 5.41) is 11.5. The number of piperidine rings is 1. The molecule has 2 unspecified atom stereocenters. The van der Waals surface area contributed by atoms with Crippen LogP contribution < -0.4 is 16.0 Å². The minimum atomic E-state index is -0.653. The van der Waals surface area contributed by atoms with E-state index in [0.29, 0.717) is 34.1 Å². The molecule has 3 heterocycles. The molecule has 3 aromatic rings. The van der Waals surface area contributed by atoms with Gasteiger partial charge in [0.05, 0.1) is 11.1 Å². The van der Waals surface area contributed by atoms with Crippen LogP contribution in [-0.2, 0) is 16.1 Å². The summed E-state index contributed by atoms with van der Waals surface area (Å²) < 4.78 is 5.71. The third-order valence-corrected chi connectivity index (χ3v) is 9.85. The van der Waals surface area contributed by atoms with Crippen molar-refractivity contribution in [3.8, 4) is 11.3 Å². The van der Waals surface area contributed by atoms with Gasteiger partial charge in [-0.2, -0.15) is 0 Å². The van der Waals surface area contributed by atoms with Crippen molar-refractivity contribution < 1.29 is 19.1 Å². The molecule has 0 radical (unpaired) electrons. The van der Waals surface area contributed by atoms with Gasteiger partial charge in [-0.15, -0.1) is 23.1 Å². The van der Waals surface area contributed by atoms with Gasteiger partial charge in [0.2, 0.25) is 5.91 Å². The number of nitrogens with one attached hydrogen (secondary N) is 3. The minimum Gasteiger partial charge on any atom is -0.445 e. The normalized spacial score (nSPS) is 20.9. The number of thiazole rings is 1. The topological polar surface area (TPSA) is 113 Å². The Bertz CT molecular complexity index is 1370. The fraction of sp³-hybridized carbons (Fsp3) is 0.400. The molecular formula is C30H33N5O4S2. The van der Waals surface area contributed by atoms with E-state index in [-0.39, 0.29) is 23.8 Å². The molecule has 3 N–H and O–H groups in total. The maximum absolute atomic E-state index is 13.5. The summed E-state index contributed by atoms with van der Waals surface area (Å²) in [5.74, 6) is 0.473. The summed E-state index contributed by atoms with van der Waals surface area (Å²) in [6.45, 7) is 1.96. The van der Waals surface area contributed by atoms with Gasteiger partial charge in [-0.1, -0.05) is 42.5 Å². The lowest BCUT2D eigenvalue weighted by atomic mass is 9.96. The zero-order valence-corrected chi connectivity index (χ0v) is 24.2. The molecular weight excluding hydrogens is 558 g/mol. The molecule has 1 aliphatic carbocycles. The second-order valence-electron chi connectivity index (χ2n) is 10.6. The monoisotopic (exact) mass is 591 g/mol. The Kier molecular flexibility index (Phi) is 8.54. The molecule has 0 bridgehead atoms. The van der Waals surface area contributed by atoms with Crippen molar-refractivity contribution in [3.63, 3.8) is 0 Å². The molecule has 2 atom stereocenters. The van der Waals surface area contributed by atoms with Gasteiger partial charge < -0.3 is 20.7 Å². The van der Waals surface area contributed by atoms with Gasteiger partial charge in [-0.3, -0.25) is 14.5 Å². The van der Waals surface area contributed by atoms with E-state index in [9.17, 15) is 14.4 Å². The van der Waals surface area contributed by atoms with E-state index < -0.39 is 12.1 Å². The highest BCUT2D eigenvalue weighted by Crippen LogP contribution is 2.39. The van der Waals surface area contributed by atoms with E-state index >= 15 is 0 Å².